The number of aliphatic hydroxyl groups is 1. The maximum Gasteiger partial charge on any atom is 0.418 e. The van der Waals surface area contributed by atoms with Crippen molar-refractivity contribution in [3.63, 3.8) is 0 Å². The van der Waals surface area contributed by atoms with Crippen LogP contribution in [0.1, 0.15) is 18.1 Å². The van der Waals surface area contributed by atoms with Crippen LogP contribution in [0.4, 0.5) is 18.9 Å². The minimum atomic E-state index is -4.81. The molecule has 6 nitrogen and oxygen atoms in total. The van der Waals surface area contributed by atoms with Gasteiger partial charge in [0, 0.05) is 6.92 Å². The predicted octanol–water partition coefficient (Wildman–Crippen LogP) is 2.35. The van der Waals surface area contributed by atoms with E-state index in [0.29, 0.717) is 5.56 Å². The second-order valence-electron chi connectivity index (χ2n) is 6.10. The molecule has 0 fully saturated rings. The SMILES string of the molecule is CC(=O)OCC(O)Cn1c(-c2cccc(C)c2)cc(C(F)(F)F)c(N)c1=O. The number of esters is 1. The van der Waals surface area contributed by atoms with Crippen molar-refractivity contribution in [2.75, 3.05) is 12.3 Å². The minimum Gasteiger partial charge on any atom is -0.463 e. The van der Waals surface area contributed by atoms with Crippen LogP contribution in [-0.2, 0) is 22.3 Å². The zero-order valence-electron chi connectivity index (χ0n) is 14.7. The molecule has 1 heterocycles. The number of aliphatic hydroxyl groups excluding tert-OH is 1. The number of rotatable bonds is 5. The van der Waals surface area contributed by atoms with Crippen molar-refractivity contribution in [3.05, 3.63) is 51.8 Å². The first-order chi connectivity index (χ1) is 12.5. The second kappa shape index (κ2) is 7.83. The Morgan fingerprint density at radius 3 is 2.56 bits per heavy atom. The molecule has 0 saturated heterocycles. The summed E-state index contributed by atoms with van der Waals surface area (Å²) in [5.74, 6) is -0.632. The van der Waals surface area contributed by atoms with Crippen molar-refractivity contribution in [2.24, 2.45) is 0 Å². The first kappa shape index (κ1) is 20.5. The van der Waals surface area contributed by atoms with Crippen LogP contribution in [0.5, 0.6) is 0 Å². The van der Waals surface area contributed by atoms with Crippen LogP contribution in [0.2, 0.25) is 0 Å². The van der Waals surface area contributed by atoms with E-state index in [1.165, 1.54) is 0 Å². The topological polar surface area (TPSA) is 94.6 Å². The number of halogens is 3. The average Bonchev–Trinajstić information content (AvgIpc) is 2.56. The van der Waals surface area contributed by atoms with Crippen molar-refractivity contribution in [1.29, 1.82) is 0 Å². The summed E-state index contributed by atoms with van der Waals surface area (Å²) in [4.78, 5) is 23.4. The fourth-order valence-corrected chi connectivity index (χ4v) is 2.60. The van der Waals surface area contributed by atoms with Gasteiger partial charge in [-0.25, -0.2) is 0 Å². The largest absolute Gasteiger partial charge is 0.463 e. The Bertz CT molecular complexity index is 906. The fourth-order valence-electron chi connectivity index (χ4n) is 2.60. The van der Waals surface area contributed by atoms with Gasteiger partial charge in [0.2, 0.25) is 0 Å². The summed E-state index contributed by atoms with van der Waals surface area (Å²) < 4.78 is 45.4. The fraction of sp³-hybridized carbons (Fsp3) is 0.333. The number of nitrogens with zero attached hydrogens (tertiary/aromatic N) is 1. The van der Waals surface area contributed by atoms with Gasteiger partial charge in [-0.3, -0.25) is 9.59 Å². The van der Waals surface area contributed by atoms with Crippen LogP contribution in [0.25, 0.3) is 11.3 Å². The van der Waals surface area contributed by atoms with Gasteiger partial charge in [-0.2, -0.15) is 13.2 Å². The number of carbonyl (C=O) groups excluding carboxylic acids is 1. The van der Waals surface area contributed by atoms with E-state index in [4.69, 9.17) is 5.73 Å². The zero-order chi connectivity index (χ0) is 20.4. The van der Waals surface area contributed by atoms with Crippen molar-refractivity contribution in [2.45, 2.75) is 32.7 Å². The Kier molecular flexibility index (Phi) is 5.94. The standard InChI is InChI=1S/C18H19F3N2O4/c1-10-4-3-5-12(6-10)15-7-14(18(19,20)21)16(22)17(26)23(15)8-13(25)9-27-11(2)24/h3-7,13,25H,8-9,22H2,1-2H3. The molecule has 1 unspecified atom stereocenters. The molecule has 2 rings (SSSR count). The highest BCUT2D eigenvalue weighted by atomic mass is 19.4. The summed E-state index contributed by atoms with van der Waals surface area (Å²) in [7, 11) is 0. The second-order valence-corrected chi connectivity index (χ2v) is 6.10. The molecule has 0 aliphatic carbocycles. The van der Waals surface area contributed by atoms with Gasteiger partial charge < -0.3 is 20.1 Å². The number of carbonyl (C=O) groups is 1. The molecule has 146 valence electrons. The van der Waals surface area contributed by atoms with E-state index in [1.54, 1.807) is 31.2 Å². The number of ether oxygens (including phenoxy) is 1. The third-order valence-corrected chi connectivity index (χ3v) is 3.83. The number of benzene rings is 1. The van der Waals surface area contributed by atoms with Crippen molar-refractivity contribution >= 4 is 11.7 Å². The van der Waals surface area contributed by atoms with Crippen LogP contribution in [0, 0.1) is 6.92 Å². The molecule has 0 aliphatic heterocycles. The monoisotopic (exact) mass is 384 g/mol. The van der Waals surface area contributed by atoms with Crippen LogP contribution < -0.4 is 11.3 Å². The quantitative estimate of drug-likeness (QED) is 0.772. The third kappa shape index (κ3) is 4.88. The molecule has 0 radical (unpaired) electrons. The van der Waals surface area contributed by atoms with Crippen LogP contribution in [-0.4, -0.2) is 28.4 Å². The summed E-state index contributed by atoms with van der Waals surface area (Å²) in [5, 5.41) is 10.0. The van der Waals surface area contributed by atoms with Crippen molar-refractivity contribution in [1.82, 2.24) is 4.57 Å². The Morgan fingerprint density at radius 2 is 2.00 bits per heavy atom. The van der Waals surface area contributed by atoms with E-state index >= 15 is 0 Å². The first-order valence-electron chi connectivity index (χ1n) is 7.99. The van der Waals surface area contributed by atoms with Crippen LogP contribution in [0.15, 0.2) is 35.1 Å². The van der Waals surface area contributed by atoms with Crippen molar-refractivity contribution < 1.29 is 27.8 Å². The van der Waals surface area contributed by atoms with Gasteiger partial charge in [-0.05, 0) is 24.6 Å². The number of hydrogen-bond donors (Lipinski definition) is 2. The normalized spacial score (nSPS) is 12.7. The van der Waals surface area contributed by atoms with E-state index in [-0.39, 0.29) is 5.69 Å². The Balaban J connectivity index is 2.61. The maximum atomic E-state index is 13.3. The molecule has 3 N–H and O–H groups in total. The van der Waals surface area contributed by atoms with Crippen LogP contribution >= 0.6 is 0 Å². The highest BCUT2D eigenvalue weighted by Gasteiger charge is 2.35. The lowest BCUT2D eigenvalue weighted by Gasteiger charge is -2.20. The third-order valence-electron chi connectivity index (χ3n) is 3.83. The number of nitrogen functional groups attached to an aromatic ring is 1. The Morgan fingerprint density at radius 1 is 1.33 bits per heavy atom. The van der Waals surface area contributed by atoms with E-state index in [0.717, 1.165) is 23.1 Å². The number of aromatic nitrogens is 1. The molecule has 0 bridgehead atoms. The number of alkyl halides is 3. The molecular weight excluding hydrogens is 365 g/mol. The molecule has 9 heteroatoms. The number of hydrogen-bond acceptors (Lipinski definition) is 5. The van der Waals surface area contributed by atoms with E-state index in [9.17, 15) is 27.9 Å². The lowest BCUT2D eigenvalue weighted by Crippen LogP contribution is -2.33. The molecule has 0 aliphatic rings. The molecule has 2 aromatic rings. The highest BCUT2D eigenvalue weighted by molar-refractivity contribution is 5.66. The summed E-state index contributed by atoms with van der Waals surface area (Å²) >= 11 is 0. The number of aryl methyl sites for hydroxylation is 1. The molecule has 27 heavy (non-hydrogen) atoms. The summed E-state index contributed by atoms with van der Waals surface area (Å²) in [6.45, 7) is 2.10. The van der Waals surface area contributed by atoms with Crippen LogP contribution in [0.3, 0.4) is 0 Å². The van der Waals surface area contributed by atoms with Gasteiger partial charge in [-0.1, -0.05) is 23.8 Å². The lowest BCUT2D eigenvalue weighted by molar-refractivity contribution is -0.144. The Labute approximate surface area is 153 Å². The lowest BCUT2D eigenvalue weighted by atomic mass is 10.0. The predicted molar refractivity (Wildman–Crippen MR) is 92.9 cm³/mol. The molecule has 1 aromatic heterocycles. The summed E-state index contributed by atoms with van der Waals surface area (Å²) in [5.41, 5.74) is 3.23. The van der Waals surface area contributed by atoms with E-state index < -0.39 is 48.2 Å². The van der Waals surface area contributed by atoms with Gasteiger partial charge >= 0.3 is 12.1 Å². The summed E-state index contributed by atoms with van der Waals surface area (Å²) in [6.07, 6.45) is -6.11. The zero-order valence-corrected chi connectivity index (χ0v) is 14.7. The average molecular weight is 384 g/mol. The number of nitrogens with two attached hydrogens (primary N) is 1. The van der Waals surface area contributed by atoms with Gasteiger partial charge in [0.15, 0.2) is 0 Å². The highest BCUT2D eigenvalue weighted by Crippen LogP contribution is 2.34. The van der Waals surface area contributed by atoms with Gasteiger partial charge in [0.05, 0.1) is 17.8 Å². The van der Waals surface area contributed by atoms with E-state index in [1.807, 2.05) is 0 Å². The van der Waals surface area contributed by atoms with Crippen molar-refractivity contribution in [3.8, 4) is 11.3 Å². The molecule has 0 amide bonds. The van der Waals surface area contributed by atoms with Gasteiger partial charge in [-0.15, -0.1) is 0 Å². The molecule has 0 spiro atoms. The van der Waals surface area contributed by atoms with Gasteiger partial charge in [0.25, 0.3) is 5.56 Å². The smallest absolute Gasteiger partial charge is 0.418 e. The minimum absolute atomic E-state index is 0.0490. The molecule has 1 atom stereocenters. The number of anilines is 1. The maximum absolute atomic E-state index is 13.3. The van der Waals surface area contributed by atoms with E-state index in [2.05, 4.69) is 4.74 Å². The number of pyridine rings is 1. The molecule has 1 aromatic carbocycles. The summed E-state index contributed by atoms with van der Waals surface area (Å²) in [6, 6.07) is 7.33. The van der Waals surface area contributed by atoms with Gasteiger partial charge in [0.1, 0.15) is 18.4 Å². The molecular formula is C18H19F3N2O4. The Hall–Kier alpha value is -2.81. The molecule has 0 saturated carbocycles. The first-order valence-corrected chi connectivity index (χ1v) is 7.99.